The predicted octanol–water partition coefficient (Wildman–Crippen LogP) is 4.03. The van der Waals surface area contributed by atoms with Gasteiger partial charge in [0.15, 0.2) is 0 Å². The molecule has 0 aliphatic carbocycles. The lowest BCUT2D eigenvalue weighted by Gasteiger charge is -2.11. The quantitative estimate of drug-likeness (QED) is 0.918. The molecule has 1 aromatic heterocycles. The lowest BCUT2D eigenvalue weighted by atomic mass is 10.2. The SMILES string of the molecule is Cc1cc(Br)c(NCCn2ccnc2C)cc1Cl. The van der Waals surface area contributed by atoms with E-state index < -0.39 is 0 Å². The summed E-state index contributed by atoms with van der Waals surface area (Å²) in [6.45, 7) is 5.70. The maximum atomic E-state index is 6.11. The Hall–Kier alpha value is -1.00. The molecule has 0 aliphatic heterocycles. The van der Waals surface area contributed by atoms with Gasteiger partial charge in [0.1, 0.15) is 5.82 Å². The van der Waals surface area contributed by atoms with Crippen LogP contribution in [0, 0.1) is 13.8 Å². The molecule has 0 aliphatic rings. The minimum Gasteiger partial charge on any atom is -0.382 e. The molecule has 96 valence electrons. The van der Waals surface area contributed by atoms with Crippen molar-refractivity contribution in [1.29, 1.82) is 0 Å². The van der Waals surface area contributed by atoms with Gasteiger partial charge >= 0.3 is 0 Å². The molecule has 5 heteroatoms. The molecule has 1 N–H and O–H groups in total. The van der Waals surface area contributed by atoms with E-state index in [0.717, 1.165) is 39.7 Å². The van der Waals surface area contributed by atoms with Crippen LogP contribution in [0.4, 0.5) is 5.69 Å². The van der Waals surface area contributed by atoms with E-state index in [4.69, 9.17) is 11.6 Å². The highest BCUT2D eigenvalue weighted by Crippen LogP contribution is 2.28. The second-order valence-corrected chi connectivity index (χ2v) is 5.44. The number of hydrogen-bond donors (Lipinski definition) is 1. The Balaban J connectivity index is 1.99. The molecule has 2 aromatic rings. The summed E-state index contributed by atoms with van der Waals surface area (Å²) in [5, 5.41) is 4.14. The summed E-state index contributed by atoms with van der Waals surface area (Å²) in [6, 6.07) is 3.97. The third-order valence-corrected chi connectivity index (χ3v) is 3.90. The standard InChI is InChI=1S/C13H15BrClN3/c1-9-7-11(14)13(8-12(9)15)17-4-6-18-5-3-16-10(18)2/h3,5,7-8,17H,4,6H2,1-2H3. The Morgan fingerprint density at radius 2 is 2.17 bits per heavy atom. The molecule has 3 nitrogen and oxygen atoms in total. The summed E-state index contributed by atoms with van der Waals surface area (Å²) in [4.78, 5) is 4.19. The van der Waals surface area contributed by atoms with Gasteiger partial charge < -0.3 is 9.88 Å². The normalized spacial score (nSPS) is 10.7. The zero-order chi connectivity index (χ0) is 13.1. The smallest absolute Gasteiger partial charge is 0.105 e. The van der Waals surface area contributed by atoms with Gasteiger partial charge in [-0.1, -0.05) is 11.6 Å². The maximum absolute atomic E-state index is 6.11. The zero-order valence-corrected chi connectivity index (χ0v) is 12.7. The van der Waals surface area contributed by atoms with Crippen LogP contribution in [0.15, 0.2) is 29.0 Å². The van der Waals surface area contributed by atoms with E-state index in [2.05, 4.69) is 30.8 Å². The van der Waals surface area contributed by atoms with E-state index in [-0.39, 0.29) is 0 Å². The van der Waals surface area contributed by atoms with Crippen LogP contribution in [0.2, 0.25) is 5.02 Å². The van der Waals surface area contributed by atoms with E-state index in [1.807, 2.05) is 38.4 Å². The molecular weight excluding hydrogens is 314 g/mol. The number of anilines is 1. The number of nitrogens with one attached hydrogen (secondary N) is 1. The molecule has 0 atom stereocenters. The Bertz CT molecular complexity index is 551. The number of aromatic nitrogens is 2. The first kappa shape index (κ1) is 13.4. The molecule has 0 saturated heterocycles. The van der Waals surface area contributed by atoms with Crippen molar-refractivity contribution >= 4 is 33.2 Å². The number of benzene rings is 1. The van der Waals surface area contributed by atoms with Crippen molar-refractivity contribution in [2.75, 3.05) is 11.9 Å². The van der Waals surface area contributed by atoms with Gasteiger partial charge in [-0.05, 0) is 47.5 Å². The van der Waals surface area contributed by atoms with Crippen molar-refractivity contribution in [3.8, 4) is 0 Å². The van der Waals surface area contributed by atoms with Crippen LogP contribution in [-0.4, -0.2) is 16.1 Å². The summed E-state index contributed by atoms with van der Waals surface area (Å²) in [5.74, 6) is 1.03. The molecule has 0 amide bonds. The lowest BCUT2D eigenvalue weighted by molar-refractivity contribution is 0.701. The lowest BCUT2D eigenvalue weighted by Crippen LogP contribution is -2.11. The van der Waals surface area contributed by atoms with E-state index in [1.54, 1.807) is 0 Å². The third-order valence-electron chi connectivity index (χ3n) is 2.84. The first-order valence-corrected chi connectivity index (χ1v) is 6.92. The largest absolute Gasteiger partial charge is 0.382 e. The number of imidazole rings is 1. The van der Waals surface area contributed by atoms with E-state index >= 15 is 0 Å². The van der Waals surface area contributed by atoms with Crippen LogP contribution >= 0.6 is 27.5 Å². The molecule has 0 saturated carbocycles. The second-order valence-electron chi connectivity index (χ2n) is 4.18. The van der Waals surface area contributed by atoms with Crippen molar-refractivity contribution in [3.05, 3.63) is 45.4 Å². The molecule has 0 spiro atoms. The topological polar surface area (TPSA) is 29.9 Å². The van der Waals surface area contributed by atoms with Crippen LogP contribution in [0.5, 0.6) is 0 Å². The van der Waals surface area contributed by atoms with Crippen LogP contribution in [0.25, 0.3) is 0 Å². The van der Waals surface area contributed by atoms with E-state index in [9.17, 15) is 0 Å². The number of halogens is 2. The van der Waals surface area contributed by atoms with Crippen molar-refractivity contribution in [3.63, 3.8) is 0 Å². The number of aryl methyl sites for hydroxylation is 2. The summed E-state index contributed by atoms with van der Waals surface area (Å²) in [5.41, 5.74) is 2.09. The van der Waals surface area contributed by atoms with Crippen molar-refractivity contribution in [2.24, 2.45) is 0 Å². The molecule has 18 heavy (non-hydrogen) atoms. The highest BCUT2D eigenvalue weighted by molar-refractivity contribution is 9.10. The van der Waals surface area contributed by atoms with Crippen LogP contribution in [0.1, 0.15) is 11.4 Å². The fourth-order valence-electron chi connectivity index (χ4n) is 1.73. The molecular formula is C13H15BrClN3. The van der Waals surface area contributed by atoms with Gasteiger partial charge in [0.25, 0.3) is 0 Å². The summed E-state index contributed by atoms with van der Waals surface area (Å²) in [7, 11) is 0. The molecule has 2 rings (SSSR count). The molecule has 0 radical (unpaired) electrons. The zero-order valence-electron chi connectivity index (χ0n) is 10.4. The van der Waals surface area contributed by atoms with Gasteiger partial charge in [0.05, 0.1) is 0 Å². The van der Waals surface area contributed by atoms with Gasteiger partial charge in [-0.2, -0.15) is 0 Å². The first-order chi connectivity index (χ1) is 8.58. The van der Waals surface area contributed by atoms with Crippen LogP contribution < -0.4 is 5.32 Å². The minimum absolute atomic E-state index is 0.777. The van der Waals surface area contributed by atoms with E-state index in [0.29, 0.717) is 0 Å². The van der Waals surface area contributed by atoms with E-state index in [1.165, 1.54) is 0 Å². The molecule has 1 aromatic carbocycles. The monoisotopic (exact) mass is 327 g/mol. The average Bonchev–Trinajstić information content (AvgIpc) is 2.72. The number of rotatable bonds is 4. The van der Waals surface area contributed by atoms with Crippen molar-refractivity contribution < 1.29 is 0 Å². The van der Waals surface area contributed by atoms with Gasteiger partial charge in [-0.15, -0.1) is 0 Å². The molecule has 0 unspecified atom stereocenters. The molecule has 0 bridgehead atoms. The minimum atomic E-state index is 0.777. The highest BCUT2D eigenvalue weighted by atomic mass is 79.9. The third kappa shape index (κ3) is 3.06. The fraction of sp³-hybridized carbons (Fsp3) is 0.308. The Labute approximate surface area is 120 Å². The number of hydrogen-bond acceptors (Lipinski definition) is 2. The van der Waals surface area contributed by atoms with Crippen molar-refractivity contribution in [1.82, 2.24) is 9.55 Å². The fourth-order valence-corrected chi connectivity index (χ4v) is 2.49. The van der Waals surface area contributed by atoms with Gasteiger partial charge in [0.2, 0.25) is 0 Å². The number of nitrogens with zero attached hydrogens (tertiary/aromatic N) is 2. The Kier molecular flexibility index (Phi) is 4.30. The maximum Gasteiger partial charge on any atom is 0.105 e. The van der Waals surface area contributed by atoms with Crippen LogP contribution in [-0.2, 0) is 6.54 Å². The molecule has 0 fully saturated rings. The van der Waals surface area contributed by atoms with Gasteiger partial charge in [-0.3, -0.25) is 0 Å². The van der Waals surface area contributed by atoms with Crippen LogP contribution in [0.3, 0.4) is 0 Å². The predicted molar refractivity (Wildman–Crippen MR) is 79.3 cm³/mol. The summed E-state index contributed by atoms with van der Waals surface area (Å²) >= 11 is 9.65. The summed E-state index contributed by atoms with van der Waals surface area (Å²) in [6.07, 6.45) is 3.79. The molecule has 1 heterocycles. The Morgan fingerprint density at radius 1 is 1.39 bits per heavy atom. The Morgan fingerprint density at radius 3 is 2.83 bits per heavy atom. The average molecular weight is 329 g/mol. The van der Waals surface area contributed by atoms with Crippen molar-refractivity contribution in [2.45, 2.75) is 20.4 Å². The van der Waals surface area contributed by atoms with Gasteiger partial charge in [0, 0.05) is 40.7 Å². The second kappa shape index (κ2) is 5.76. The van der Waals surface area contributed by atoms with Gasteiger partial charge in [-0.25, -0.2) is 4.98 Å². The highest BCUT2D eigenvalue weighted by Gasteiger charge is 2.04. The summed E-state index contributed by atoms with van der Waals surface area (Å²) < 4.78 is 3.14. The first-order valence-electron chi connectivity index (χ1n) is 5.75.